The van der Waals surface area contributed by atoms with Crippen LogP contribution in [0.15, 0.2) is 18.2 Å². The maximum absolute atomic E-state index is 8.83. The number of aryl methyl sites for hydroxylation is 1. The first kappa shape index (κ1) is 11.1. The molecule has 0 amide bonds. The van der Waals surface area contributed by atoms with Crippen molar-refractivity contribution >= 4 is 11.0 Å². The summed E-state index contributed by atoms with van der Waals surface area (Å²) >= 11 is 0. The van der Waals surface area contributed by atoms with Gasteiger partial charge in [0, 0.05) is 13.1 Å². The van der Waals surface area contributed by atoms with E-state index in [1.165, 1.54) is 5.56 Å². The smallest absolute Gasteiger partial charge is 0.104 e. The fourth-order valence-corrected chi connectivity index (χ4v) is 1.84. The van der Waals surface area contributed by atoms with Crippen molar-refractivity contribution in [1.82, 2.24) is 14.9 Å². The minimum absolute atomic E-state index is 0.196. The molecular weight excluding hydrogens is 202 g/mol. The van der Waals surface area contributed by atoms with E-state index in [4.69, 9.17) is 5.11 Å². The zero-order chi connectivity index (χ0) is 11.5. The molecule has 0 unspecified atom stereocenters. The molecule has 0 saturated heterocycles. The highest BCUT2D eigenvalue weighted by molar-refractivity contribution is 5.75. The Morgan fingerprint density at radius 1 is 1.44 bits per heavy atom. The van der Waals surface area contributed by atoms with Crippen LogP contribution in [0.2, 0.25) is 0 Å². The number of nitrogens with one attached hydrogen (secondary N) is 1. The van der Waals surface area contributed by atoms with Crippen LogP contribution in [0.1, 0.15) is 11.4 Å². The summed E-state index contributed by atoms with van der Waals surface area (Å²) in [4.78, 5) is 9.67. The van der Waals surface area contributed by atoms with Crippen LogP contribution in [-0.4, -0.2) is 40.2 Å². The minimum atomic E-state index is 0.196. The summed E-state index contributed by atoms with van der Waals surface area (Å²) < 4.78 is 0. The standard InChI is InChI=1S/C12H17N3O/c1-9-13-11-4-3-10(7-12(11)14-9)8-15(2)5-6-16/h3-4,7,16H,5-6,8H2,1-2H3,(H,13,14). The maximum atomic E-state index is 8.83. The molecule has 0 aliphatic heterocycles. The van der Waals surface area contributed by atoms with Crippen LogP contribution < -0.4 is 0 Å². The molecule has 0 bridgehead atoms. The fourth-order valence-electron chi connectivity index (χ4n) is 1.84. The molecule has 0 spiro atoms. The highest BCUT2D eigenvalue weighted by atomic mass is 16.3. The number of aliphatic hydroxyl groups is 1. The van der Waals surface area contributed by atoms with Crippen LogP contribution in [-0.2, 0) is 6.54 Å². The van der Waals surface area contributed by atoms with Crippen molar-refractivity contribution in [3.8, 4) is 0 Å². The van der Waals surface area contributed by atoms with Gasteiger partial charge in [0.2, 0.25) is 0 Å². The van der Waals surface area contributed by atoms with E-state index < -0.39 is 0 Å². The van der Waals surface area contributed by atoms with Gasteiger partial charge in [-0.15, -0.1) is 0 Å². The minimum Gasteiger partial charge on any atom is -0.395 e. The van der Waals surface area contributed by atoms with Crippen LogP contribution in [0, 0.1) is 6.92 Å². The highest BCUT2D eigenvalue weighted by Gasteiger charge is 2.03. The molecule has 1 heterocycles. The largest absolute Gasteiger partial charge is 0.395 e. The van der Waals surface area contributed by atoms with Crippen molar-refractivity contribution in [3.63, 3.8) is 0 Å². The van der Waals surface area contributed by atoms with Crippen LogP contribution in [0.5, 0.6) is 0 Å². The molecule has 2 N–H and O–H groups in total. The molecule has 2 rings (SSSR count). The van der Waals surface area contributed by atoms with Crippen LogP contribution in [0.3, 0.4) is 0 Å². The second-order valence-corrected chi connectivity index (χ2v) is 4.14. The second kappa shape index (κ2) is 4.63. The van der Waals surface area contributed by atoms with Gasteiger partial charge < -0.3 is 10.1 Å². The number of likely N-dealkylation sites (N-methyl/N-ethyl adjacent to an activating group) is 1. The number of aromatic amines is 1. The summed E-state index contributed by atoms with van der Waals surface area (Å²) in [5, 5.41) is 8.83. The molecular formula is C12H17N3O. The predicted octanol–water partition coefficient (Wildman–Crippen LogP) is 1.30. The average Bonchev–Trinajstić information content (AvgIpc) is 2.57. The van der Waals surface area contributed by atoms with Crippen molar-refractivity contribution in [2.75, 3.05) is 20.2 Å². The Morgan fingerprint density at radius 2 is 2.25 bits per heavy atom. The zero-order valence-electron chi connectivity index (χ0n) is 9.70. The number of hydrogen-bond acceptors (Lipinski definition) is 3. The third-order valence-electron chi connectivity index (χ3n) is 2.60. The summed E-state index contributed by atoms with van der Waals surface area (Å²) in [6.07, 6.45) is 0. The first-order valence-electron chi connectivity index (χ1n) is 5.43. The van der Waals surface area contributed by atoms with Gasteiger partial charge in [-0.2, -0.15) is 0 Å². The number of fused-ring (bicyclic) bond motifs is 1. The molecule has 4 heteroatoms. The van der Waals surface area contributed by atoms with Crippen molar-refractivity contribution in [3.05, 3.63) is 29.6 Å². The number of nitrogens with zero attached hydrogens (tertiary/aromatic N) is 2. The van der Waals surface area contributed by atoms with Crippen molar-refractivity contribution in [1.29, 1.82) is 0 Å². The summed E-state index contributed by atoms with van der Waals surface area (Å²) in [7, 11) is 2.00. The molecule has 0 atom stereocenters. The van der Waals surface area contributed by atoms with Crippen LogP contribution >= 0.6 is 0 Å². The molecule has 0 fully saturated rings. The molecule has 16 heavy (non-hydrogen) atoms. The van der Waals surface area contributed by atoms with E-state index in [0.717, 1.165) is 23.4 Å². The normalized spacial score (nSPS) is 11.5. The lowest BCUT2D eigenvalue weighted by molar-refractivity contribution is 0.217. The van der Waals surface area contributed by atoms with E-state index in [-0.39, 0.29) is 6.61 Å². The van der Waals surface area contributed by atoms with Gasteiger partial charge in [0.15, 0.2) is 0 Å². The lowest BCUT2D eigenvalue weighted by atomic mass is 10.2. The van der Waals surface area contributed by atoms with E-state index >= 15 is 0 Å². The molecule has 2 aromatic rings. The van der Waals surface area contributed by atoms with Gasteiger partial charge in [-0.05, 0) is 31.7 Å². The number of imidazole rings is 1. The second-order valence-electron chi connectivity index (χ2n) is 4.14. The van der Waals surface area contributed by atoms with Crippen molar-refractivity contribution < 1.29 is 5.11 Å². The molecule has 0 aliphatic rings. The quantitative estimate of drug-likeness (QED) is 0.815. The molecule has 0 aliphatic carbocycles. The van der Waals surface area contributed by atoms with Gasteiger partial charge >= 0.3 is 0 Å². The highest BCUT2D eigenvalue weighted by Crippen LogP contribution is 2.14. The summed E-state index contributed by atoms with van der Waals surface area (Å²) in [6, 6.07) is 6.22. The monoisotopic (exact) mass is 219 g/mol. The molecule has 4 nitrogen and oxygen atoms in total. The fraction of sp³-hybridized carbons (Fsp3) is 0.417. The SMILES string of the molecule is Cc1nc2ccc(CN(C)CCO)cc2[nH]1. The molecule has 1 aromatic heterocycles. The van der Waals surface area contributed by atoms with E-state index in [0.29, 0.717) is 6.54 Å². The van der Waals surface area contributed by atoms with Gasteiger partial charge in [0.1, 0.15) is 5.82 Å². The number of benzene rings is 1. The van der Waals surface area contributed by atoms with E-state index in [1.54, 1.807) is 0 Å². The molecule has 1 aromatic carbocycles. The number of rotatable bonds is 4. The Balaban J connectivity index is 2.18. The summed E-state index contributed by atoms with van der Waals surface area (Å²) in [6.45, 7) is 3.69. The number of aromatic nitrogens is 2. The summed E-state index contributed by atoms with van der Waals surface area (Å²) in [5.41, 5.74) is 3.31. The Labute approximate surface area is 94.9 Å². The van der Waals surface area contributed by atoms with E-state index in [9.17, 15) is 0 Å². The van der Waals surface area contributed by atoms with Gasteiger partial charge in [0.25, 0.3) is 0 Å². The van der Waals surface area contributed by atoms with Crippen molar-refractivity contribution in [2.45, 2.75) is 13.5 Å². The third-order valence-corrected chi connectivity index (χ3v) is 2.60. The Bertz CT molecular complexity index is 478. The average molecular weight is 219 g/mol. The number of H-pyrrole nitrogens is 1. The Hall–Kier alpha value is -1.39. The predicted molar refractivity (Wildman–Crippen MR) is 64.3 cm³/mol. The van der Waals surface area contributed by atoms with Crippen LogP contribution in [0.25, 0.3) is 11.0 Å². The maximum Gasteiger partial charge on any atom is 0.104 e. The first-order chi connectivity index (χ1) is 7.69. The lowest BCUT2D eigenvalue weighted by Crippen LogP contribution is -2.21. The van der Waals surface area contributed by atoms with Crippen LogP contribution in [0.4, 0.5) is 0 Å². The number of aliphatic hydroxyl groups excluding tert-OH is 1. The van der Waals surface area contributed by atoms with Gasteiger partial charge in [0.05, 0.1) is 17.6 Å². The number of hydrogen-bond donors (Lipinski definition) is 2. The zero-order valence-corrected chi connectivity index (χ0v) is 9.70. The lowest BCUT2D eigenvalue weighted by Gasteiger charge is -2.14. The summed E-state index contributed by atoms with van der Waals surface area (Å²) in [5.74, 6) is 0.941. The molecule has 86 valence electrons. The van der Waals surface area contributed by atoms with Crippen molar-refractivity contribution in [2.24, 2.45) is 0 Å². The van der Waals surface area contributed by atoms with Gasteiger partial charge in [-0.25, -0.2) is 4.98 Å². The van der Waals surface area contributed by atoms with E-state index in [2.05, 4.69) is 27.0 Å². The third kappa shape index (κ3) is 2.40. The van der Waals surface area contributed by atoms with E-state index in [1.807, 2.05) is 20.0 Å². The Kier molecular flexibility index (Phi) is 3.22. The van der Waals surface area contributed by atoms with Gasteiger partial charge in [-0.3, -0.25) is 4.90 Å². The molecule has 0 saturated carbocycles. The molecule has 0 radical (unpaired) electrons. The topological polar surface area (TPSA) is 52.1 Å². The first-order valence-corrected chi connectivity index (χ1v) is 5.43. The Morgan fingerprint density at radius 3 is 3.00 bits per heavy atom. The van der Waals surface area contributed by atoms with Gasteiger partial charge in [-0.1, -0.05) is 6.07 Å².